The van der Waals surface area contributed by atoms with Crippen LogP contribution < -0.4 is 5.73 Å². The molecule has 3 heterocycles. The molecular formula is C24H22F6N8O. The molecule has 2 unspecified atom stereocenters. The van der Waals surface area contributed by atoms with Crippen LogP contribution in [-0.2, 0) is 17.5 Å². The molecule has 2 aliphatic rings. The van der Waals surface area contributed by atoms with Crippen LogP contribution in [0.15, 0.2) is 59.9 Å². The van der Waals surface area contributed by atoms with E-state index in [1.54, 1.807) is 31.2 Å². The Balaban J connectivity index is 1.50. The lowest BCUT2D eigenvalue weighted by Gasteiger charge is -2.38. The molecule has 5 rings (SSSR count). The molecule has 0 radical (unpaired) electrons. The van der Waals surface area contributed by atoms with Gasteiger partial charge in [-0.15, -0.1) is 10.2 Å². The van der Waals surface area contributed by atoms with Gasteiger partial charge in [-0.3, -0.25) is 9.80 Å². The Morgan fingerprint density at radius 2 is 1.82 bits per heavy atom. The Morgan fingerprint density at radius 1 is 1.10 bits per heavy atom. The number of aromatic amines is 1. The van der Waals surface area contributed by atoms with E-state index < -0.39 is 41.5 Å². The minimum absolute atomic E-state index is 0.0579. The van der Waals surface area contributed by atoms with Crippen molar-refractivity contribution in [1.29, 1.82) is 0 Å². The number of amides is 1. The van der Waals surface area contributed by atoms with E-state index in [-0.39, 0.29) is 31.0 Å². The van der Waals surface area contributed by atoms with Crippen molar-refractivity contribution in [2.45, 2.75) is 37.9 Å². The van der Waals surface area contributed by atoms with Crippen LogP contribution in [0.5, 0.6) is 0 Å². The number of nitrogens with one attached hydrogen (secondary N) is 1. The summed E-state index contributed by atoms with van der Waals surface area (Å²) in [6, 6.07) is 7.86. The molecule has 1 fully saturated rings. The van der Waals surface area contributed by atoms with E-state index in [0.717, 1.165) is 17.1 Å². The summed E-state index contributed by atoms with van der Waals surface area (Å²) in [4.78, 5) is 13.9. The fraction of sp³-hybridized carbons (Fsp3) is 0.333. The van der Waals surface area contributed by atoms with Crippen LogP contribution >= 0.6 is 0 Å². The third kappa shape index (κ3) is 4.89. The van der Waals surface area contributed by atoms with Crippen molar-refractivity contribution in [3.05, 3.63) is 76.6 Å². The molecule has 206 valence electrons. The van der Waals surface area contributed by atoms with Gasteiger partial charge in [0.15, 0.2) is 6.04 Å². The number of carbonyl (C=O) groups is 1. The van der Waals surface area contributed by atoms with Crippen molar-refractivity contribution in [1.82, 2.24) is 35.5 Å². The predicted molar refractivity (Wildman–Crippen MR) is 124 cm³/mol. The number of H-pyrrole nitrogens is 1. The average molecular weight is 552 g/mol. The van der Waals surface area contributed by atoms with Crippen LogP contribution in [0.4, 0.5) is 26.3 Å². The number of hydrogen-bond donors (Lipinski definition) is 2. The highest BCUT2D eigenvalue weighted by Gasteiger charge is 2.59. The highest BCUT2D eigenvalue weighted by Crippen LogP contribution is 2.46. The van der Waals surface area contributed by atoms with Crippen molar-refractivity contribution in [2.24, 2.45) is 5.73 Å². The molecule has 15 heteroatoms. The van der Waals surface area contributed by atoms with Crippen LogP contribution in [0.1, 0.15) is 29.7 Å². The monoisotopic (exact) mass is 552 g/mol. The van der Waals surface area contributed by atoms with Crippen molar-refractivity contribution in [2.75, 3.05) is 13.1 Å². The molecule has 0 bridgehead atoms. The van der Waals surface area contributed by atoms with Crippen LogP contribution in [0.25, 0.3) is 11.4 Å². The number of rotatable bonds is 6. The zero-order valence-corrected chi connectivity index (χ0v) is 20.3. The second-order valence-corrected chi connectivity index (χ2v) is 9.20. The maximum Gasteiger partial charge on any atom is 0.416 e. The number of halogens is 6. The standard InChI is InChI=1S/C24H22F6N8O/c1-13(15-5-7-16(8-6-15)21-32-34-35-33-21)38-19(24(28,29)30)18(20(31)39)22-36(9-10-37(22)38)12-14-3-2-4-17(11-14)23(25,26)27/h2-8,11,13,19H,9-10,12H2,1H3,(H2,31,39)(H,32,33,34,35). The summed E-state index contributed by atoms with van der Waals surface area (Å²) in [5.41, 5.74) is 5.32. The lowest BCUT2D eigenvalue weighted by atomic mass is 10.0. The molecule has 2 aliphatic heterocycles. The second kappa shape index (κ2) is 9.55. The molecule has 0 saturated carbocycles. The summed E-state index contributed by atoms with van der Waals surface area (Å²) in [6.45, 7) is 1.67. The van der Waals surface area contributed by atoms with Gasteiger partial charge in [-0.25, -0.2) is 0 Å². The lowest BCUT2D eigenvalue weighted by Crippen LogP contribution is -2.51. The van der Waals surface area contributed by atoms with Gasteiger partial charge in [0.1, 0.15) is 5.82 Å². The molecule has 39 heavy (non-hydrogen) atoms. The smallest absolute Gasteiger partial charge is 0.366 e. The lowest BCUT2D eigenvalue weighted by molar-refractivity contribution is -0.204. The first-order chi connectivity index (χ1) is 18.4. The number of aromatic nitrogens is 4. The van der Waals surface area contributed by atoms with Gasteiger partial charge >= 0.3 is 12.4 Å². The minimum Gasteiger partial charge on any atom is -0.366 e. The Kier molecular flexibility index (Phi) is 6.48. The van der Waals surface area contributed by atoms with E-state index in [9.17, 15) is 31.1 Å². The predicted octanol–water partition coefficient (Wildman–Crippen LogP) is 3.62. The molecule has 2 aromatic carbocycles. The van der Waals surface area contributed by atoms with Crippen molar-refractivity contribution in [3.63, 3.8) is 0 Å². The second-order valence-electron chi connectivity index (χ2n) is 9.20. The van der Waals surface area contributed by atoms with Crippen LogP contribution in [-0.4, -0.2) is 66.8 Å². The number of benzene rings is 2. The third-order valence-electron chi connectivity index (χ3n) is 6.78. The van der Waals surface area contributed by atoms with E-state index >= 15 is 0 Å². The van der Waals surface area contributed by atoms with Gasteiger partial charge in [0, 0.05) is 18.7 Å². The highest BCUT2D eigenvalue weighted by atomic mass is 19.4. The molecule has 3 aromatic rings. The van der Waals surface area contributed by atoms with Gasteiger partial charge in [-0.2, -0.15) is 36.6 Å². The maximum absolute atomic E-state index is 14.5. The Labute approximate surface area is 217 Å². The number of alkyl halides is 6. The summed E-state index contributed by atoms with van der Waals surface area (Å²) in [7, 11) is 0. The minimum atomic E-state index is -4.87. The Morgan fingerprint density at radius 3 is 2.41 bits per heavy atom. The molecule has 9 nitrogen and oxygen atoms in total. The summed E-state index contributed by atoms with van der Waals surface area (Å²) in [5, 5.41) is 16.0. The SMILES string of the molecule is CC(c1ccc(-c2nn[nH]n2)cc1)N1C(C(F)(F)F)C(C(N)=O)=C2N(Cc3cccc(C(F)(F)F)c3)CCN21. The summed E-state index contributed by atoms with van der Waals surface area (Å²) in [5.74, 6) is -0.999. The first kappa shape index (κ1) is 26.5. The Bertz CT molecular complexity index is 1390. The van der Waals surface area contributed by atoms with Gasteiger partial charge in [0.25, 0.3) is 0 Å². The van der Waals surface area contributed by atoms with Crippen LogP contribution in [0.2, 0.25) is 0 Å². The molecule has 0 spiro atoms. The molecule has 1 saturated heterocycles. The summed E-state index contributed by atoms with van der Waals surface area (Å²) < 4.78 is 83.2. The number of tetrazole rings is 1. The summed E-state index contributed by atoms with van der Waals surface area (Å²) in [6.07, 6.45) is -9.45. The van der Waals surface area contributed by atoms with E-state index in [0.29, 0.717) is 17.0 Å². The van der Waals surface area contributed by atoms with Crippen LogP contribution in [0, 0.1) is 0 Å². The quantitative estimate of drug-likeness (QED) is 0.450. The van der Waals surface area contributed by atoms with Crippen molar-refractivity contribution in [3.8, 4) is 11.4 Å². The molecular weight excluding hydrogens is 530 g/mol. The number of hydrazine groups is 1. The first-order valence-corrected chi connectivity index (χ1v) is 11.8. The molecule has 1 amide bonds. The van der Waals surface area contributed by atoms with E-state index in [4.69, 9.17) is 5.73 Å². The molecule has 3 N–H and O–H groups in total. The molecule has 1 aromatic heterocycles. The van der Waals surface area contributed by atoms with E-state index in [2.05, 4.69) is 20.6 Å². The average Bonchev–Trinajstić information content (AvgIpc) is 3.60. The fourth-order valence-electron chi connectivity index (χ4n) is 5.08. The topological polar surface area (TPSA) is 107 Å². The number of primary amides is 1. The molecule has 2 atom stereocenters. The number of nitrogens with two attached hydrogens (primary N) is 1. The largest absolute Gasteiger partial charge is 0.416 e. The van der Waals surface area contributed by atoms with Crippen molar-refractivity contribution >= 4 is 5.91 Å². The van der Waals surface area contributed by atoms with Gasteiger partial charge in [0.05, 0.1) is 23.7 Å². The Hall–Kier alpha value is -4.14. The number of nitrogens with zero attached hydrogens (tertiary/aromatic N) is 6. The number of hydrogen-bond acceptors (Lipinski definition) is 7. The van der Waals surface area contributed by atoms with Crippen molar-refractivity contribution < 1.29 is 31.1 Å². The van der Waals surface area contributed by atoms with Gasteiger partial charge < -0.3 is 10.6 Å². The number of fused-ring (bicyclic) bond motifs is 1. The normalized spacial score (nSPS) is 19.1. The zero-order valence-electron chi connectivity index (χ0n) is 20.3. The maximum atomic E-state index is 14.5. The third-order valence-corrected chi connectivity index (χ3v) is 6.78. The first-order valence-electron chi connectivity index (χ1n) is 11.8. The molecule has 0 aliphatic carbocycles. The van der Waals surface area contributed by atoms with Gasteiger partial charge in [0.2, 0.25) is 11.7 Å². The fourth-order valence-corrected chi connectivity index (χ4v) is 5.08. The zero-order chi connectivity index (χ0) is 28.1. The number of carbonyl (C=O) groups excluding carboxylic acids is 1. The van der Waals surface area contributed by atoms with E-state index in [1.165, 1.54) is 22.0 Å². The summed E-state index contributed by atoms with van der Waals surface area (Å²) >= 11 is 0. The highest BCUT2D eigenvalue weighted by molar-refractivity contribution is 5.94. The van der Waals surface area contributed by atoms with Crippen LogP contribution in [0.3, 0.4) is 0 Å². The van der Waals surface area contributed by atoms with Gasteiger partial charge in [-0.05, 0) is 35.4 Å². The van der Waals surface area contributed by atoms with Gasteiger partial charge in [-0.1, -0.05) is 36.4 Å². The van der Waals surface area contributed by atoms with E-state index in [1.807, 2.05) is 0 Å².